The van der Waals surface area contributed by atoms with Gasteiger partial charge in [0.05, 0.1) is 24.7 Å². The zero-order valence-corrected chi connectivity index (χ0v) is 12.2. The van der Waals surface area contributed by atoms with Gasteiger partial charge in [-0.05, 0) is 26.0 Å². The number of imidazole rings is 1. The van der Waals surface area contributed by atoms with E-state index < -0.39 is 12.0 Å². The summed E-state index contributed by atoms with van der Waals surface area (Å²) in [6.07, 6.45) is 4.89. The standard InChI is InChI=1S/C15H17N3O3/c1-10-4-5-13(12(8-10)15(20)21-3)17-14(19)11(2)18-7-6-16-9-18/h4-9,11H,1-3H3,(H,17,19)/t11-/m1/s1. The molecule has 0 fully saturated rings. The summed E-state index contributed by atoms with van der Waals surface area (Å²) in [6.45, 7) is 3.62. The number of carbonyl (C=O) groups excluding carboxylic acids is 2. The van der Waals surface area contributed by atoms with E-state index in [9.17, 15) is 9.59 Å². The number of benzene rings is 1. The minimum atomic E-state index is -0.482. The number of amides is 1. The molecule has 2 aromatic rings. The Morgan fingerprint density at radius 3 is 2.76 bits per heavy atom. The van der Waals surface area contributed by atoms with Crippen molar-refractivity contribution in [3.05, 3.63) is 48.0 Å². The molecule has 2 rings (SSSR count). The molecule has 0 aliphatic carbocycles. The largest absolute Gasteiger partial charge is 0.465 e. The fourth-order valence-corrected chi connectivity index (χ4v) is 1.92. The van der Waals surface area contributed by atoms with Crippen molar-refractivity contribution in [1.29, 1.82) is 0 Å². The molecule has 1 aromatic heterocycles. The molecule has 0 aliphatic rings. The van der Waals surface area contributed by atoms with Gasteiger partial charge in [0.1, 0.15) is 6.04 Å². The molecule has 1 atom stereocenters. The van der Waals surface area contributed by atoms with Gasteiger partial charge in [-0.15, -0.1) is 0 Å². The first-order chi connectivity index (χ1) is 10.0. The molecule has 0 bridgehead atoms. The van der Waals surface area contributed by atoms with E-state index in [0.717, 1.165) is 5.56 Å². The van der Waals surface area contributed by atoms with Gasteiger partial charge < -0.3 is 14.6 Å². The number of rotatable bonds is 4. The van der Waals surface area contributed by atoms with Crippen LogP contribution in [0.5, 0.6) is 0 Å². The average Bonchev–Trinajstić information content (AvgIpc) is 3.01. The maximum atomic E-state index is 12.2. The first-order valence-corrected chi connectivity index (χ1v) is 6.50. The quantitative estimate of drug-likeness (QED) is 0.875. The van der Waals surface area contributed by atoms with Gasteiger partial charge >= 0.3 is 5.97 Å². The Balaban J connectivity index is 2.23. The number of aryl methyl sites for hydroxylation is 1. The summed E-state index contributed by atoms with van der Waals surface area (Å²) >= 11 is 0. The van der Waals surface area contributed by atoms with Gasteiger partial charge in [0, 0.05) is 12.4 Å². The van der Waals surface area contributed by atoms with Gasteiger partial charge in [0.25, 0.3) is 0 Å². The van der Waals surface area contributed by atoms with Crippen molar-refractivity contribution in [2.45, 2.75) is 19.9 Å². The third-order valence-corrected chi connectivity index (χ3v) is 3.19. The van der Waals surface area contributed by atoms with Crippen LogP contribution in [0.2, 0.25) is 0 Å². The number of nitrogens with zero attached hydrogens (tertiary/aromatic N) is 2. The molecular weight excluding hydrogens is 270 g/mol. The van der Waals surface area contributed by atoms with Gasteiger partial charge in [0.15, 0.2) is 0 Å². The highest BCUT2D eigenvalue weighted by molar-refractivity contribution is 6.02. The average molecular weight is 287 g/mol. The number of nitrogens with one attached hydrogen (secondary N) is 1. The normalized spacial score (nSPS) is 11.8. The highest BCUT2D eigenvalue weighted by Crippen LogP contribution is 2.20. The number of esters is 1. The molecule has 0 aliphatic heterocycles. The molecule has 1 N–H and O–H groups in total. The van der Waals surface area contributed by atoms with Crippen LogP contribution in [-0.4, -0.2) is 28.5 Å². The highest BCUT2D eigenvalue weighted by Gasteiger charge is 2.18. The summed E-state index contributed by atoms with van der Waals surface area (Å²) in [5, 5.41) is 2.75. The van der Waals surface area contributed by atoms with Crippen LogP contribution in [0.15, 0.2) is 36.9 Å². The summed E-state index contributed by atoms with van der Waals surface area (Å²) in [4.78, 5) is 27.9. The molecule has 1 heterocycles. The van der Waals surface area contributed by atoms with Gasteiger partial charge in [-0.25, -0.2) is 9.78 Å². The minimum absolute atomic E-state index is 0.234. The maximum Gasteiger partial charge on any atom is 0.339 e. The smallest absolute Gasteiger partial charge is 0.339 e. The summed E-state index contributed by atoms with van der Waals surface area (Å²) in [5.41, 5.74) is 1.68. The van der Waals surface area contributed by atoms with Crippen molar-refractivity contribution in [1.82, 2.24) is 9.55 Å². The monoisotopic (exact) mass is 287 g/mol. The minimum Gasteiger partial charge on any atom is -0.465 e. The predicted molar refractivity (Wildman–Crippen MR) is 78.1 cm³/mol. The van der Waals surface area contributed by atoms with Crippen molar-refractivity contribution in [2.24, 2.45) is 0 Å². The van der Waals surface area contributed by atoms with Crippen molar-refractivity contribution in [2.75, 3.05) is 12.4 Å². The van der Waals surface area contributed by atoms with Crippen molar-refractivity contribution >= 4 is 17.6 Å². The number of hydrogen-bond acceptors (Lipinski definition) is 4. The number of hydrogen-bond donors (Lipinski definition) is 1. The number of carbonyl (C=O) groups is 2. The van der Waals surface area contributed by atoms with Crippen LogP contribution in [0.3, 0.4) is 0 Å². The Kier molecular flexibility index (Phi) is 4.37. The maximum absolute atomic E-state index is 12.2. The Labute approximate surface area is 122 Å². The lowest BCUT2D eigenvalue weighted by Gasteiger charge is -2.15. The van der Waals surface area contributed by atoms with Crippen molar-refractivity contribution in [3.8, 4) is 0 Å². The van der Waals surface area contributed by atoms with E-state index in [1.807, 2.05) is 13.0 Å². The summed E-state index contributed by atoms with van der Waals surface area (Å²) in [6, 6.07) is 4.77. The Morgan fingerprint density at radius 1 is 1.38 bits per heavy atom. The lowest BCUT2D eigenvalue weighted by molar-refractivity contribution is -0.118. The SMILES string of the molecule is COC(=O)c1cc(C)ccc1NC(=O)[C@@H](C)n1ccnc1. The van der Waals surface area contributed by atoms with E-state index in [-0.39, 0.29) is 5.91 Å². The molecular formula is C15H17N3O3. The first-order valence-electron chi connectivity index (χ1n) is 6.50. The predicted octanol–water partition coefficient (Wildman–Crippen LogP) is 2.18. The fraction of sp³-hybridized carbons (Fsp3) is 0.267. The molecule has 0 saturated heterocycles. The second-order valence-corrected chi connectivity index (χ2v) is 4.72. The van der Waals surface area contributed by atoms with E-state index in [1.165, 1.54) is 7.11 Å². The fourth-order valence-electron chi connectivity index (χ4n) is 1.92. The van der Waals surface area contributed by atoms with Crippen LogP contribution in [0, 0.1) is 6.92 Å². The van der Waals surface area contributed by atoms with Crippen LogP contribution in [0.4, 0.5) is 5.69 Å². The number of methoxy groups -OCH3 is 1. The summed E-state index contributed by atoms with van der Waals surface area (Å²) in [7, 11) is 1.31. The van der Waals surface area contributed by atoms with Crippen LogP contribution in [0.1, 0.15) is 28.9 Å². The lowest BCUT2D eigenvalue weighted by atomic mass is 10.1. The zero-order chi connectivity index (χ0) is 15.4. The molecule has 0 radical (unpaired) electrons. The zero-order valence-electron chi connectivity index (χ0n) is 12.2. The van der Waals surface area contributed by atoms with Crippen LogP contribution in [0.25, 0.3) is 0 Å². The lowest BCUT2D eigenvalue weighted by Crippen LogP contribution is -2.24. The molecule has 0 unspecified atom stereocenters. The van der Waals surface area contributed by atoms with E-state index in [2.05, 4.69) is 10.3 Å². The van der Waals surface area contributed by atoms with Crippen molar-refractivity contribution < 1.29 is 14.3 Å². The molecule has 21 heavy (non-hydrogen) atoms. The number of aromatic nitrogens is 2. The molecule has 0 spiro atoms. The van der Waals surface area contributed by atoms with Crippen molar-refractivity contribution in [3.63, 3.8) is 0 Å². The van der Waals surface area contributed by atoms with E-state index >= 15 is 0 Å². The van der Waals surface area contributed by atoms with E-state index in [0.29, 0.717) is 11.3 Å². The Bertz CT molecular complexity index is 650. The second kappa shape index (κ2) is 6.21. The third kappa shape index (κ3) is 3.28. The van der Waals surface area contributed by atoms with Gasteiger partial charge in [-0.2, -0.15) is 0 Å². The van der Waals surface area contributed by atoms with Gasteiger partial charge in [-0.1, -0.05) is 11.6 Å². The molecule has 1 amide bonds. The second-order valence-electron chi connectivity index (χ2n) is 4.72. The topological polar surface area (TPSA) is 73.2 Å². The molecule has 110 valence electrons. The first kappa shape index (κ1) is 14.8. The van der Waals surface area contributed by atoms with Crippen LogP contribution < -0.4 is 5.32 Å². The molecule has 6 nitrogen and oxygen atoms in total. The Hall–Kier alpha value is -2.63. The molecule has 0 saturated carbocycles. The summed E-state index contributed by atoms with van der Waals surface area (Å²) in [5.74, 6) is -0.716. The van der Waals surface area contributed by atoms with Gasteiger partial charge in [0.2, 0.25) is 5.91 Å². The number of anilines is 1. The molecule has 6 heteroatoms. The van der Waals surface area contributed by atoms with Crippen LogP contribution in [-0.2, 0) is 9.53 Å². The van der Waals surface area contributed by atoms with Crippen LogP contribution >= 0.6 is 0 Å². The van der Waals surface area contributed by atoms with E-state index in [4.69, 9.17) is 4.74 Å². The molecule has 1 aromatic carbocycles. The highest BCUT2D eigenvalue weighted by atomic mass is 16.5. The third-order valence-electron chi connectivity index (χ3n) is 3.19. The number of ether oxygens (including phenoxy) is 1. The summed E-state index contributed by atoms with van der Waals surface area (Å²) < 4.78 is 6.42. The van der Waals surface area contributed by atoms with E-state index in [1.54, 1.807) is 42.3 Å². The van der Waals surface area contributed by atoms with Gasteiger partial charge in [-0.3, -0.25) is 4.79 Å². The Morgan fingerprint density at radius 2 is 2.14 bits per heavy atom.